The Morgan fingerprint density at radius 3 is 2.41 bits per heavy atom. The molecule has 1 aromatic rings. The average Bonchev–Trinajstić information content (AvgIpc) is 2.29. The van der Waals surface area contributed by atoms with Crippen LogP contribution in [0.25, 0.3) is 0 Å². The molecule has 2 rings (SSSR count). The van der Waals surface area contributed by atoms with Crippen molar-refractivity contribution in [1.29, 1.82) is 0 Å². The smallest absolute Gasteiger partial charge is 0.0912 e. The Hall–Kier alpha value is -0.470. The topological polar surface area (TPSA) is 20.2 Å². The normalized spacial score (nSPS) is 20.2. The highest BCUT2D eigenvalue weighted by Gasteiger charge is 2.32. The highest BCUT2D eigenvalue weighted by Crippen LogP contribution is 2.37. The second-order valence-electron chi connectivity index (χ2n) is 5.97. The van der Waals surface area contributed by atoms with Gasteiger partial charge in [0, 0.05) is 0 Å². The minimum atomic E-state index is -0.591. The van der Waals surface area contributed by atoms with Crippen molar-refractivity contribution in [2.45, 2.75) is 44.6 Å². The number of hydrogen-bond acceptors (Lipinski definition) is 2. The third kappa shape index (κ3) is 2.86. The first-order chi connectivity index (χ1) is 7.92. The van der Waals surface area contributed by atoms with Gasteiger partial charge in [-0.25, -0.2) is 0 Å². The molecule has 1 fully saturated rings. The molecule has 1 aromatic carbocycles. The first-order valence-corrected chi connectivity index (χ1v) is 7.48. The number of aliphatic hydroxyl groups is 1. The summed E-state index contributed by atoms with van der Waals surface area (Å²) < 4.78 is 0. The van der Waals surface area contributed by atoms with Crippen molar-refractivity contribution in [2.24, 2.45) is 0 Å². The largest absolute Gasteiger partial charge is 0.385 e. The average molecular weight is 250 g/mol. The maximum absolute atomic E-state index is 10.7. The van der Waals surface area contributed by atoms with Crippen molar-refractivity contribution >= 4 is 11.8 Å². The van der Waals surface area contributed by atoms with Crippen LogP contribution in [0.5, 0.6) is 0 Å². The lowest BCUT2D eigenvalue weighted by Crippen LogP contribution is -2.31. The van der Waals surface area contributed by atoms with Crippen molar-refractivity contribution in [3.63, 3.8) is 0 Å². The van der Waals surface area contributed by atoms with Crippen LogP contribution in [0.2, 0.25) is 0 Å². The summed E-state index contributed by atoms with van der Waals surface area (Å²) in [5.41, 5.74) is 1.97. The predicted molar refractivity (Wildman–Crippen MR) is 75.6 cm³/mol. The monoisotopic (exact) mass is 250 g/mol. The van der Waals surface area contributed by atoms with Crippen LogP contribution < -0.4 is 0 Å². The molecule has 0 unspecified atom stereocenters. The third-order valence-electron chi connectivity index (χ3n) is 3.59. The second-order valence-corrected chi connectivity index (χ2v) is 7.20. The first kappa shape index (κ1) is 13.0. The summed E-state index contributed by atoms with van der Waals surface area (Å²) in [6.07, 6.45) is 1.76. The van der Waals surface area contributed by atoms with Crippen LogP contribution in [0, 0.1) is 0 Å². The fraction of sp³-hybridized carbons (Fsp3) is 0.600. The molecule has 0 amide bonds. The highest BCUT2D eigenvalue weighted by atomic mass is 32.2. The lowest BCUT2D eigenvalue weighted by molar-refractivity contribution is 0.0279. The van der Waals surface area contributed by atoms with Crippen LogP contribution in [0.1, 0.15) is 44.7 Å². The van der Waals surface area contributed by atoms with E-state index in [2.05, 4.69) is 45.0 Å². The SMILES string of the molecule is CC(C)(C)c1cccc(C2(O)CCSCC2)c1. The summed E-state index contributed by atoms with van der Waals surface area (Å²) in [5.74, 6) is 2.13. The third-order valence-corrected chi connectivity index (χ3v) is 4.57. The molecule has 1 aliphatic rings. The molecule has 0 saturated carbocycles. The van der Waals surface area contributed by atoms with Gasteiger partial charge in [-0.15, -0.1) is 0 Å². The van der Waals surface area contributed by atoms with E-state index in [9.17, 15) is 5.11 Å². The first-order valence-electron chi connectivity index (χ1n) is 6.33. The standard InChI is InChI=1S/C15H22OS/c1-14(2,3)12-5-4-6-13(11-12)15(16)7-9-17-10-8-15/h4-6,11,16H,7-10H2,1-3H3. The highest BCUT2D eigenvalue weighted by molar-refractivity contribution is 7.99. The number of rotatable bonds is 1. The van der Waals surface area contributed by atoms with E-state index in [-0.39, 0.29) is 5.41 Å². The quantitative estimate of drug-likeness (QED) is 0.820. The zero-order valence-electron chi connectivity index (χ0n) is 11.0. The lowest BCUT2D eigenvalue weighted by Gasteiger charge is -2.33. The fourth-order valence-corrected chi connectivity index (χ4v) is 3.44. The van der Waals surface area contributed by atoms with Gasteiger partial charge in [-0.1, -0.05) is 45.0 Å². The lowest BCUT2D eigenvalue weighted by atomic mass is 9.81. The Kier molecular flexibility index (Phi) is 3.55. The molecule has 0 bridgehead atoms. The van der Waals surface area contributed by atoms with Gasteiger partial charge in [0.1, 0.15) is 0 Å². The molecule has 1 N–H and O–H groups in total. The summed E-state index contributed by atoms with van der Waals surface area (Å²) in [4.78, 5) is 0. The molecule has 1 aliphatic heterocycles. The van der Waals surface area contributed by atoms with Crippen LogP contribution in [0.4, 0.5) is 0 Å². The van der Waals surface area contributed by atoms with Gasteiger partial charge < -0.3 is 5.11 Å². The van der Waals surface area contributed by atoms with E-state index in [1.54, 1.807) is 0 Å². The van der Waals surface area contributed by atoms with Crippen LogP contribution in [0.15, 0.2) is 24.3 Å². The summed E-state index contributed by atoms with van der Waals surface area (Å²) in [5, 5.41) is 10.7. The summed E-state index contributed by atoms with van der Waals surface area (Å²) in [6, 6.07) is 8.50. The molecule has 0 spiro atoms. The van der Waals surface area contributed by atoms with E-state index in [0.717, 1.165) is 29.9 Å². The van der Waals surface area contributed by atoms with Gasteiger partial charge in [0.25, 0.3) is 0 Å². The van der Waals surface area contributed by atoms with Crippen molar-refractivity contribution in [1.82, 2.24) is 0 Å². The van der Waals surface area contributed by atoms with E-state index < -0.39 is 5.60 Å². The van der Waals surface area contributed by atoms with Gasteiger partial charge >= 0.3 is 0 Å². The molecular formula is C15H22OS. The van der Waals surface area contributed by atoms with Gasteiger partial charge in [0.05, 0.1) is 5.60 Å². The Morgan fingerprint density at radius 1 is 1.18 bits per heavy atom. The molecule has 0 radical (unpaired) electrons. The Balaban J connectivity index is 2.32. The van der Waals surface area contributed by atoms with Crippen LogP contribution >= 0.6 is 11.8 Å². The van der Waals surface area contributed by atoms with Crippen molar-refractivity contribution in [3.8, 4) is 0 Å². The molecule has 1 heterocycles. The minimum Gasteiger partial charge on any atom is -0.385 e. The van der Waals surface area contributed by atoms with Gasteiger partial charge in [0.15, 0.2) is 0 Å². The Labute approximate surface area is 109 Å². The van der Waals surface area contributed by atoms with Crippen molar-refractivity contribution in [3.05, 3.63) is 35.4 Å². The number of hydrogen-bond donors (Lipinski definition) is 1. The Bertz CT molecular complexity index is 386. The maximum atomic E-state index is 10.7. The molecule has 0 aliphatic carbocycles. The van der Waals surface area contributed by atoms with Crippen molar-refractivity contribution < 1.29 is 5.11 Å². The minimum absolute atomic E-state index is 0.149. The van der Waals surface area contributed by atoms with E-state index in [0.29, 0.717) is 0 Å². The molecule has 0 aromatic heterocycles. The molecule has 1 nitrogen and oxygen atoms in total. The zero-order chi connectivity index (χ0) is 12.5. The summed E-state index contributed by atoms with van der Waals surface area (Å²) in [7, 11) is 0. The summed E-state index contributed by atoms with van der Waals surface area (Å²) >= 11 is 1.94. The van der Waals surface area contributed by atoms with Gasteiger partial charge in [-0.05, 0) is 40.9 Å². The van der Waals surface area contributed by atoms with Crippen LogP contribution in [0.3, 0.4) is 0 Å². The number of benzene rings is 1. The number of thioether (sulfide) groups is 1. The van der Waals surface area contributed by atoms with Crippen LogP contribution in [-0.2, 0) is 11.0 Å². The van der Waals surface area contributed by atoms with E-state index in [1.807, 2.05) is 11.8 Å². The van der Waals surface area contributed by atoms with E-state index in [4.69, 9.17) is 0 Å². The molecule has 94 valence electrons. The van der Waals surface area contributed by atoms with Gasteiger partial charge in [-0.2, -0.15) is 11.8 Å². The van der Waals surface area contributed by atoms with Gasteiger partial charge in [-0.3, -0.25) is 0 Å². The fourth-order valence-electron chi connectivity index (χ4n) is 2.27. The van der Waals surface area contributed by atoms with Crippen molar-refractivity contribution in [2.75, 3.05) is 11.5 Å². The predicted octanol–water partition coefficient (Wildman–Crippen LogP) is 3.70. The maximum Gasteiger partial charge on any atom is 0.0912 e. The molecular weight excluding hydrogens is 228 g/mol. The van der Waals surface area contributed by atoms with E-state index >= 15 is 0 Å². The molecule has 17 heavy (non-hydrogen) atoms. The van der Waals surface area contributed by atoms with Gasteiger partial charge in [0.2, 0.25) is 0 Å². The summed E-state index contributed by atoms with van der Waals surface area (Å²) in [6.45, 7) is 6.65. The molecule has 1 saturated heterocycles. The Morgan fingerprint density at radius 2 is 1.82 bits per heavy atom. The van der Waals surface area contributed by atoms with Crippen LogP contribution in [-0.4, -0.2) is 16.6 Å². The molecule has 0 atom stereocenters. The second kappa shape index (κ2) is 4.66. The van der Waals surface area contributed by atoms with E-state index in [1.165, 1.54) is 5.56 Å². The zero-order valence-corrected chi connectivity index (χ0v) is 11.8. The molecule has 2 heteroatoms.